The van der Waals surface area contributed by atoms with Crippen LogP contribution in [0.25, 0.3) is 0 Å². The predicted octanol–water partition coefficient (Wildman–Crippen LogP) is -0.852. The summed E-state index contributed by atoms with van der Waals surface area (Å²) in [6, 6.07) is -0.366. The number of nitrogens with two attached hydrogens (primary N) is 2. The summed E-state index contributed by atoms with van der Waals surface area (Å²) in [4.78, 5) is 21.1. The summed E-state index contributed by atoms with van der Waals surface area (Å²) >= 11 is 0. The summed E-state index contributed by atoms with van der Waals surface area (Å²) in [6.07, 6.45) is 3.48. The molecule has 0 fully saturated rings. The Morgan fingerprint density at radius 1 is 1.43 bits per heavy atom. The molecule has 0 radical (unpaired) electrons. The van der Waals surface area contributed by atoms with E-state index in [1.807, 2.05) is 0 Å². The molecule has 0 aliphatic heterocycles. The van der Waals surface area contributed by atoms with Gasteiger partial charge in [0.15, 0.2) is 0 Å². The lowest BCUT2D eigenvalue weighted by Gasteiger charge is -2.05. The van der Waals surface area contributed by atoms with Gasteiger partial charge in [-0.3, -0.25) is 4.79 Å². The van der Waals surface area contributed by atoms with E-state index in [4.69, 9.17) is 11.5 Å². The molecule has 82 valence electrons. The van der Waals surface area contributed by atoms with Crippen molar-refractivity contribution >= 4 is 12.2 Å². The number of hydrogen-bond acceptors (Lipinski definition) is 4. The zero-order valence-electron chi connectivity index (χ0n) is 8.37. The van der Waals surface area contributed by atoms with E-state index in [1.54, 1.807) is 0 Å². The van der Waals surface area contributed by atoms with Crippen LogP contribution in [0.2, 0.25) is 0 Å². The van der Waals surface area contributed by atoms with E-state index in [0.29, 0.717) is 25.9 Å². The quantitative estimate of drug-likeness (QED) is 0.352. The van der Waals surface area contributed by atoms with Gasteiger partial charge in [0.1, 0.15) is 6.29 Å². The Morgan fingerprint density at radius 2 is 2.14 bits per heavy atom. The van der Waals surface area contributed by atoms with Crippen molar-refractivity contribution in [2.45, 2.75) is 31.7 Å². The normalized spacial score (nSPS) is 12.1. The van der Waals surface area contributed by atoms with Gasteiger partial charge in [0.25, 0.3) is 0 Å². The van der Waals surface area contributed by atoms with Gasteiger partial charge in [-0.05, 0) is 19.3 Å². The van der Waals surface area contributed by atoms with Crippen molar-refractivity contribution in [1.29, 1.82) is 0 Å². The molecule has 0 rings (SSSR count). The Morgan fingerprint density at radius 3 is 2.71 bits per heavy atom. The minimum atomic E-state index is -0.366. The Labute approximate surface area is 84.2 Å². The maximum Gasteiger partial charge on any atom is 0.221 e. The van der Waals surface area contributed by atoms with Crippen molar-refractivity contribution < 1.29 is 9.59 Å². The second-order valence-electron chi connectivity index (χ2n) is 3.18. The van der Waals surface area contributed by atoms with Crippen LogP contribution in [0.15, 0.2) is 0 Å². The van der Waals surface area contributed by atoms with Crippen molar-refractivity contribution in [1.82, 2.24) is 5.32 Å². The molecule has 0 aromatic rings. The van der Waals surface area contributed by atoms with E-state index in [-0.39, 0.29) is 11.9 Å². The molecule has 0 heterocycles. The molecule has 0 saturated carbocycles. The number of rotatable bonds is 8. The van der Waals surface area contributed by atoms with E-state index < -0.39 is 0 Å². The maximum absolute atomic E-state index is 10.9. The molecular weight excluding hydrogens is 182 g/mol. The molecule has 0 bridgehead atoms. The average Bonchev–Trinajstić information content (AvgIpc) is 2.17. The molecule has 0 aliphatic carbocycles. The molecule has 1 atom stereocenters. The molecule has 0 aliphatic rings. The molecule has 0 spiro atoms. The third-order valence-corrected chi connectivity index (χ3v) is 1.83. The Hall–Kier alpha value is -0.940. The lowest BCUT2D eigenvalue weighted by Crippen LogP contribution is -2.27. The monoisotopic (exact) mass is 201 g/mol. The van der Waals surface area contributed by atoms with Gasteiger partial charge in [0.05, 0.1) is 6.04 Å². The molecule has 0 aromatic heterocycles. The van der Waals surface area contributed by atoms with E-state index >= 15 is 0 Å². The maximum atomic E-state index is 10.9. The SMILES string of the molecule is NCCC(=O)NCCCCC(N)C=O. The second kappa shape index (κ2) is 8.65. The van der Waals surface area contributed by atoms with Crippen LogP contribution in [0.1, 0.15) is 25.7 Å². The minimum Gasteiger partial charge on any atom is -0.356 e. The van der Waals surface area contributed by atoms with Gasteiger partial charge in [-0.1, -0.05) is 0 Å². The Kier molecular flexibility index (Phi) is 8.07. The van der Waals surface area contributed by atoms with Crippen LogP contribution < -0.4 is 16.8 Å². The van der Waals surface area contributed by atoms with Crippen LogP contribution in [0.3, 0.4) is 0 Å². The molecule has 5 heteroatoms. The van der Waals surface area contributed by atoms with Crippen molar-refractivity contribution in [3.63, 3.8) is 0 Å². The first-order valence-corrected chi connectivity index (χ1v) is 4.88. The molecule has 5 N–H and O–H groups in total. The predicted molar refractivity (Wildman–Crippen MR) is 54.6 cm³/mol. The summed E-state index contributed by atoms with van der Waals surface area (Å²) < 4.78 is 0. The fourth-order valence-electron chi connectivity index (χ4n) is 1.02. The number of aldehydes is 1. The highest BCUT2D eigenvalue weighted by Gasteiger charge is 2.00. The minimum absolute atomic E-state index is 0.0211. The Balaban J connectivity index is 3.21. The van der Waals surface area contributed by atoms with Gasteiger partial charge in [-0.2, -0.15) is 0 Å². The summed E-state index contributed by atoms with van der Waals surface area (Å²) in [7, 11) is 0. The van der Waals surface area contributed by atoms with Gasteiger partial charge in [0, 0.05) is 19.5 Å². The molecule has 0 aromatic carbocycles. The van der Waals surface area contributed by atoms with Gasteiger partial charge in [0.2, 0.25) is 5.91 Å². The third-order valence-electron chi connectivity index (χ3n) is 1.83. The van der Waals surface area contributed by atoms with Crippen LogP contribution >= 0.6 is 0 Å². The molecule has 14 heavy (non-hydrogen) atoms. The van der Waals surface area contributed by atoms with Crippen molar-refractivity contribution in [3.05, 3.63) is 0 Å². The molecule has 5 nitrogen and oxygen atoms in total. The molecular formula is C9H19N3O2. The fourth-order valence-corrected chi connectivity index (χ4v) is 1.02. The zero-order chi connectivity index (χ0) is 10.8. The summed E-state index contributed by atoms with van der Waals surface area (Å²) in [5, 5.41) is 2.73. The highest BCUT2D eigenvalue weighted by atomic mass is 16.1. The first-order chi connectivity index (χ1) is 6.70. The molecule has 1 amide bonds. The highest BCUT2D eigenvalue weighted by Crippen LogP contribution is 1.95. The second-order valence-corrected chi connectivity index (χ2v) is 3.18. The summed E-state index contributed by atoms with van der Waals surface area (Å²) in [5.74, 6) is -0.0211. The van der Waals surface area contributed by atoms with Crippen LogP contribution in [0.5, 0.6) is 0 Å². The van der Waals surface area contributed by atoms with Gasteiger partial charge in [-0.25, -0.2) is 0 Å². The van der Waals surface area contributed by atoms with Crippen molar-refractivity contribution in [3.8, 4) is 0 Å². The van der Waals surface area contributed by atoms with E-state index in [2.05, 4.69) is 5.32 Å². The lowest BCUT2D eigenvalue weighted by molar-refractivity contribution is -0.120. The van der Waals surface area contributed by atoms with Crippen LogP contribution in [0, 0.1) is 0 Å². The number of unbranched alkanes of at least 4 members (excludes halogenated alkanes) is 1. The number of carbonyl (C=O) groups is 2. The summed E-state index contributed by atoms with van der Waals surface area (Å²) in [6.45, 7) is 1.01. The Bertz CT molecular complexity index is 173. The van der Waals surface area contributed by atoms with E-state index in [1.165, 1.54) is 0 Å². The smallest absolute Gasteiger partial charge is 0.221 e. The van der Waals surface area contributed by atoms with Crippen LogP contribution in [-0.4, -0.2) is 31.3 Å². The largest absolute Gasteiger partial charge is 0.356 e. The van der Waals surface area contributed by atoms with Crippen LogP contribution in [-0.2, 0) is 9.59 Å². The first kappa shape index (κ1) is 13.1. The third kappa shape index (κ3) is 7.70. The lowest BCUT2D eigenvalue weighted by atomic mass is 10.1. The fraction of sp³-hybridized carbons (Fsp3) is 0.778. The topological polar surface area (TPSA) is 98.2 Å². The zero-order valence-corrected chi connectivity index (χ0v) is 8.37. The summed E-state index contributed by atoms with van der Waals surface area (Å²) in [5.41, 5.74) is 10.6. The average molecular weight is 201 g/mol. The molecule has 0 saturated heterocycles. The molecule has 1 unspecified atom stereocenters. The number of nitrogens with one attached hydrogen (secondary N) is 1. The number of amides is 1. The van der Waals surface area contributed by atoms with E-state index in [0.717, 1.165) is 19.1 Å². The standard InChI is InChI=1S/C9H19N3O2/c10-5-4-9(14)12-6-2-1-3-8(11)7-13/h7-8H,1-6,10-11H2,(H,12,14). The van der Waals surface area contributed by atoms with Crippen molar-refractivity contribution in [2.75, 3.05) is 13.1 Å². The van der Waals surface area contributed by atoms with Gasteiger partial charge >= 0.3 is 0 Å². The van der Waals surface area contributed by atoms with Crippen molar-refractivity contribution in [2.24, 2.45) is 11.5 Å². The van der Waals surface area contributed by atoms with Gasteiger partial charge in [-0.15, -0.1) is 0 Å². The number of hydrogen-bond donors (Lipinski definition) is 3. The van der Waals surface area contributed by atoms with Gasteiger partial charge < -0.3 is 21.6 Å². The van der Waals surface area contributed by atoms with E-state index in [9.17, 15) is 9.59 Å². The number of carbonyl (C=O) groups excluding carboxylic acids is 2. The first-order valence-electron chi connectivity index (χ1n) is 4.88. The highest BCUT2D eigenvalue weighted by molar-refractivity contribution is 5.75. The van der Waals surface area contributed by atoms with Crippen LogP contribution in [0.4, 0.5) is 0 Å².